The third-order valence-electron chi connectivity index (χ3n) is 5.97. The lowest BCUT2D eigenvalue weighted by Crippen LogP contribution is -2.24. The van der Waals surface area contributed by atoms with Gasteiger partial charge in [-0.05, 0) is 53.7 Å². The highest BCUT2D eigenvalue weighted by Crippen LogP contribution is 2.50. The molecule has 2 aromatic carbocycles. The Hall–Kier alpha value is -1.70. The molecule has 0 bridgehead atoms. The molecule has 2 unspecified atom stereocenters. The first-order valence-electron chi connectivity index (χ1n) is 11.6. The Balaban J connectivity index is 2.71. The Kier molecular flexibility index (Phi) is 9.49. The van der Waals surface area contributed by atoms with Crippen LogP contribution in [0.25, 0.3) is 0 Å². The van der Waals surface area contributed by atoms with Gasteiger partial charge in [0, 0.05) is 31.1 Å². The zero-order valence-corrected chi connectivity index (χ0v) is 22.6. The van der Waals surface area contributed by atoms with Crippen molar-refractivity contribution in [1.82, 2.24) is 0 Å². The van der Waals surface area contributed by atoms with Crippen LogP contribution >= 0.6 is 8.58 Å². The smallest absolute Gasteiger partial charge is 0.188 e. The highest BCUT2D eigenvalue weighted by Gasteiger charge is 2.33. The Morgan fingerprint density at radius 2 is 1.78 bits per heavy atom. The third-order valence-corrected chi connectivity index (χ3v) is 7.77. The quantitative estimate of drug-likeness (QED) is 0.218. The number of aryl methyl sites for hydroxylation is 2. The van der Waals surface area contributed by atoms with Crippen molar-refractivity contribution in [3.63, 3.8) is 0 Å². The molecule has 0 aliphatic carbocycles. The van der Waals surface area contributed by atoms with Gasteiger partial charge in [-0.1, -0.05) is 85.9 Å². The van der Waals surface area contributed by atoms with E-state index in [0.717, 1.165) is 12.2 Å². The van der Waals surface area contributed by atoms with Gasteiger partial charge in [-0.3, -0.25) is 4.99 Å². The van der Waals surface area contributed by atoms with Crippen LogP contribution in [0.15, 0.2) is 35.3 Å². The number of benzene rings is 2. The SMILES string of the molecule is CCCCC(C)(Pc1ccc(C)cc1C=NC)c1cc(C(C)(C)C)cc(C)c1OCOC. The van der Waals surface area contributed by atoms with Crippen LogP contribution in [-0.2, 0) is 15.3 Å². The number of hydrogen-bond acceptors (Lipinski definition) is 3. The van der Waals surface area contributed by atoms with E-state index in [-0.39, 0.29) is 17.4 Å². The van der Waals surface area contributed by atoms with Crippen LogP contribution in [0.2, 0.25) is 0 Å². The van der Waals surface area contributed by atoms with Crippen LogP contribution in [-0.4, -0.2) is 27.2 Å². The molecule has 0 aromatic heterocycles. The van der Waals surface area contributed by atoms with Crippen molar-refractivity contribution < 1.29 is 9.47 Å². The fourth-order valence-corrected chi connectivity index (χ4v) is 5.72. The van der Waals surface area contributed by atoms with Gasteiger partial charge in [-0.15, -0.1) is 0 Å². The summed E-state index contributed by atoms with van der Waals surface area (Å²) < 4.78 is 11.5. The standard InChI is InChI=1S/C28H42NO2P/c1-10-11-14-28(7,32-25-13-12-20(2)15-22(25)18-29-8)24-17-23(27(4,5)6)16-21(3)26(24)31-19-30-9/h12-13,15-18,32H,10-11,14,19H2,1-9H3. The van der Waals surface area contributed by atoms with Crippen molar-refractivity contribution in [3.05, 3.63) is 58.1 Å². The third kappa shape index (κ3) is 6.65. The predicted octanol–water partition coefficient (Wildman–Crippen LogP) is 7.04. The molecule has 4 heteroatoms. The molecule has 2 aromatic rings. The summed E-state index contributed by atoms with van der Waals surface area (Å²) in [6.07, 6.45) is 5.45. The molecule has 0 aliphatic rings. The van der Waals surface area contributed by atoms with Crippen molar-refractivity contribution >= 4 is 20.1 Å². The van der Waals surface area contributed by atoms with E-state index in [2.05, 4.69) is 83.8 Å². The minimum absolute atomic E-state index is 0.0449. The van der Waals surface area contributed by atoms with Gasteiger partial charge in [-0.25, -0.2) is 0 Å². The van der Waals surface area contributed by atoms with Crippen LogP contribution in [0.3, 0.4) is 0 Å². The summed E-state index contributed by atoms with van der Waals surface area (Å²) in [4.78, 5) is 4.33. The second kappa shape index (κ2) is 11.4. The fraction of sp³-hybridized carbons (Fsp3) is 0.536. The van der Waals surface area contributed by atoms with Crippen molar-refractivity contribution in [1.29, 1.82) is 0 Å². The number of rotatable bonds is 10. The van der Waals surface area contributed by atoms with Gasteiger partial charge in [0.05, 0.1) is 0 Å². The largest absolute Gasteiger partial charge is 0.467 e. The fourth-order valence-electron chi connectivity index (χ4n) is 4.06. The molecular formula is C28H42NO2P. The number of aliphatic imine (C=N–C) groups is 1. The van der Waals surface area contributed by atoms with Gasteiger partial charge in [-0.2, -0.15) is 0 Å². The highest BCUT2D eigenvalue weighted by atomic mass is 31.1. The summed E-state index contributed by atoms with van der Waals surface area (Å²) in [5.74, 6) is 0.976. The zero-order valence-electron chi connectivity index (χ0n) is 21.6. The lowest BCUT2D eigenvalue weighted by molar-refractivity contribution is 0.0495. The molecule has 0 saturated carbocycles. The van der Waals surface area contributed by atoms with Crippen molar-refractivity contribution in [3.8, 4) is 5.75 Å². The Labute approximate surface area is 197 Å². The van der Waals surface area contributed by atoms with Crippen molar-refractivity contribution in [2.45, 2.75) is 78.3 Å². The Bertz CT molecular complexity index is 930. The van der Waals surface area contributed by atoms with E-state index in [9.17, 15) is 0 Å². The maximum atomic E-state index is 6.20. The number of ether oxygens (including phenoxy) is 2. The average Bonchev–Trinajstić information content (AvgIpc) is 2.72. The van der Waals surface area contributed by atoms with E-state index >= 15 is 0 Å². The topological polar surface area (TPSA) is 30.8 Å². The molecule has 0 saturated heterocycles. The summed E-state index contributed by atoms with van der Waals surface area (Å²) in [6, 6.07) is 11.4. The van der Waals surface area contributed by atoms with Crippen LogP contribution < -0.4 is 10.0 Å². The number of unbranched alkanes of at least 4 members (excludes halogenated alkanes) is 1. The van der Waals surface area contributed by atoms with Gasteiger partial charge in [0.2, 0.25) is 0 Å². The van der Waals surface area contributed by atoms with E-state index in [1.807, 2.05) is 13.3 Å². The molecule has 0 fully saturated rings. The van der Waals surface area contributed by atoms with E-state index in [1.165, 1.54) is 46.0 Å². The Morgan fingerprint density at radius 3 is 2.38 bits per heavy atom. The molecule has 2 rings (SSSR count). The van der Waals surface area contributed by atoms with Gasteiger partial charge in [0.1, 0.15) is 5.75 Å². The molecule has 176 valence electrons. The summed E-state index contributed by atoms with van der Waals surface area (Å²) >= 11 is 0. The molecule has 3 nitrogen and oxygen atoms in total. The second-order valence-corrected chi connectivity index (χ2v) is 11.9. The molecule has 0 aliphatic heterocycles. The first kappa shape index (κ1) is 26.6. The molecule has 0 N–H and O–H groups in total. The van der Waals surface area contributed by atoms with E-state index in [0.29, 0.717) is 8.58 Å². The van der Waals surface area contributed by atoms with Gasteiger partial charge in [0.25, 0.3) is 0 Å². The number of nitrogens with zero attached hydrogens (tertiary/aromatic N) is 1. The normalized spacial score (nSPS) is 14.4. The van der Waals surface area contributed by atoms with Crippen LogP contribution in [0, 0.1) is 13.8 Å². The molecule has 2 atom stereocenters. The van der Waals surface area contributed by atoms with Crippen LogP contribution in [0.1, 0.15) is 81.7 Å². The van der Waals surface area contributed by atoms with Crippen molar-refractivity contribution in [2.24, 2.45) is 4.99 Å². The molecule has 32 heavy (non-hydrogen) atoms. The first-order chi connectivity index (χ1) is 15.1. The van der Waals surface area contributed by atoms with Crippen LogP contribution in [0.5, 0.6) is 5.75 Å². The minimum atomic E-state index is -0.0449. The number of hydrogen-bond donors (Lipinski definition) is 0. The monoisotopic (exact) mass is 455 g/mol. The zero-order chi connectivity index (χ0) is 23.9. The molecule has 0 spiro atoms. The Morgan fingerprint density at radius 1 is 1.06 bits per heavy atom. The summed E-state index contributed by atoms with van der Waals surface area (Å²) in [6.45, 7) is 16.1. The highest BCUT2D eigenvalue weighted by molar-refractivity contribution is 7.48. The van der Waals surface area contributed by atoms with E-state index < -0.39 is 0 Å². The van der Waals surface area contributed by atoms with Gasteiger partial charge < -0.3 is 9.47 Å². The maximum Gasteiger partial charge on any atom is 0.188 e. The maximum absolute atomic E-state index is 6.20. The average molecular weight is 456 g/mol. The van der Waals surface area contributed by atoms with E-state index in [1.54, 1.807) is 7.11 Å². The van der Waals surface area contributed by atoms with Crippen molar-refractivity contribution in [2.75, 3.05) is 21.0 Å². The summed E-state index contributed by atoms with van der Waals surface area (Å²) in [5, 5.41) is 1.31. The number of methoxy groups -OCH3 is 1. The predicted molar refractivity (Wildman–Crippen MR) is 142 cm³/mol. The lowest BCUT2D eigenvalue weighted by Gasteiger charge is -2.35. The lowest BCUT2D eigenvalue weighted by atomic mass is 9.82. The molecule has 0 heterocycles. The van der Waals surface area contributed by atoms with Gasteiger partial charge in [0.15, 0.2) is 6.79 Å². The molecule has 0 amide bonds. The molecular weight excluding hydrogens is 413 g/mol. The van der Waals surface area contributed by atoms with Gasteiger partial charge >= 0.3 is 0 Å². The second-order valence-electron chi connectivity index (χ2n) is 10.0. The summed E-state index contributed by atoms with van der Waals surface area (Å²) in [7, 11) is 4.13. The van der Waals surface area contributed by atoms with Crippen LogP contribution in [0.4, 0.5) is 0 Å². The minimum Gasteiger partial charge on any atom is -0.467 e. The molecule has 0 radical (unpaired) electrons. The van der Waals surface area contributed by atoms with E-state index in [4.69, 9.17) is 9.47 Å². The summed E-state index contributed by atoms with van der Waals surface area (Å²) in [5.41, 5.74) is 6.37. The first-order valence-corrected chi connectivity index (χ1v) is 12.6.